The Morgan fingerprint density at radius 2 is 1.28 bits per heavy atom. The van der Waals surface area contributed by atoms with Crippen molar-refractivity contribution in [3.8, 4) is 0 Å². The zero-order valence-electron chi connectivity index (χ0n) is 11.2. The molecule has 0 saturated carbocycles. The van der Waals surface area contributed by atoms with Crippen LogP contribution in [-0.2, 0) is 9.47 Å². The van der Waals surface area contributed by atoms with E-state index >= 15 is 0 Å². The standard InChI is InChI=1S/C12H29N3O3/c13-5-1-7-17-9-3-11(12(15)16)4-10-18-8-2-6-14/h11-12,16H,1-10,13-15H2. The summed E-state index contributed by atoms with van der Waals surface area (Å²) in [5.41, 5.74) is 16.2. The van der Waals surface area contributed by atoms with E-state index in [9.17, 15) is 5.11 Å². The van der Waals surface area contributed by atoms with Gasteiger partial charge in [0.25, 0.3) is 0 Å². The molecule has 0 rings (SSSR count). The summed E-state index contributed by atoms with van der Waals surface area (Å²) in [7, 11) is 0. The molecule has 0 aromatic heterocycles. The molecule has 6 heteroatoms. The molecule has 6 nitrogen and oxygen atoms in total. The van der Waals surface area contributed by atoms with Crippen LogP contribution in [0.25, 0.3) is 0 Å². The topological polar surface area (TPSA) is 117 Å². The van der Waals surface area contributed by atoms with Crippen LogP contribution < -0.4 is 17.2 Å². The minimum atomic E-state index is -0.818. The molecule has 0 spiro atoms. The second-order valence-electron chi connectivity index (χ2n) is 4.34. The third-order valence-corrected chi connectivity index (χ3v) is 2.73. The molecule has 0 aliphatic carbocycles. The molecule has 0 saturated heterocycles. The molecule has 0 amide bonds. The van der Waals surface area contributed by atoms with Crippen LogP contribution in [0.15, 0.2) is 0 Å². The Morgan fingerprint density at radius 3 is 1.61 bits per heavy atom. The quantitative estimate of drug-likeness (QED) is 0.260. The third kappa shape index (κ3) is 10.9. The lowest BCUT2D eigenvalue weighted by Crippen LogP contribution is -2.31. The van der Waals surface area contributed by atoms with Crippen LogP contribution in [-0.4, -0.2) is 50.9 Å². The molecule has 1 unspecified atom stereocenters. The SMILES string of the molecule is NCCCOCCC(CCOCCCN)C(N)O. The Morgan fingerprint density at radius 1 is 0.833 bits per heavy atom. The van der Waals surface area contributed by atoms with Crippen molar-refractivity contribution in [2.45, 2.75) is 31.9 Å². The average Bonchev–Trinajstić information content (AvgIpc) is 2.35. The normalized spacial score (nSPS) is 13.2. The van der Waals surface area contributed by atoms with Crippen LogP contribution in [0.5, 0.6) is 0 Å². The van der Waals surface area contributed by atoms with Crippen molar-refractivity contribution in [2.75, 3.05) is 39.5 Å². The van der Waals surface area contributed by atoms with Gasteiger partial charge in [0.2, 0.25) is 0 Å². The van der Waals surface area contributed by atoms with Gasteiger partial charge in [0.15, 0.2) is 0 Å². The molecule has 0 aliphatic rings. The Hall–Kier alpha value is -0.240. The molecule has 0 aromatic carbocycles. The van der Waals surface area contributed by atoms with Crippen molar-refractivity contribution < 1.29 is 14.6 Å². The fraction of sp³-hybridized carbons (Fsp3) is 1.00. The Labute approximate surface area is 110 Å². The van der Waals surface area contributed by atoms with Gasteiger partial charge in [-0.05, 0) is 38.8 Å². The Balaban J connectivity index is 3.53. The molecular weight excluding hydrogens is 234 g/mol. The molecule has 0 radical (unpaired) electrons. The highest BCUT2D eigenvalue weighted by molar-refractivity contribution is 4.63. The lowest BCUT2D eigenvalue weighted by Gasteiger charge is -2.19. The van der Waals surface area contributed by atoms with Crippen molar-refractivity contribution in [1.29, 1.82) is 0 Å². The zero-order chi connectivity index (χ0) is 13.6. The molecule has 0 aromatic rings. The smallest absolute Gasteiger partial charge is 0.105 e. The molecule has 1 atom stereocenters. The van der Waals surface area contributed by atoms with Gasteiger partial charge in [-0.15, -0.1) is 0 Å². The van der Waals surface area contributed by atoms with Crippen LogP contribution in [0.3, 0.4) is 0 Å². The first-order valence-electron chi connectivity index (χ1n) is 6.71. The number of aliphatic hydroxyl groups is 1. The van der Waals surface area contributed by atoms with Gasteiger partial charge in [0, 0.05) is 32.3 Å². The number of ether oxygens (including phenoxy) is 2. The number of hydrogen-bond acceptors (Lipinski definition) is 6. The van der Waals surface area contributed by atoms with E-state index in [1.807, 2.05) is 0 Å². The van der Waals surface area contributed by atoms with E-state index in [-0.39, 0.29) is 5.92 Å². The second kappa shape index (κ2) is 13.2. The highest BCUT2D eigenvalue weighted by Gasteiger charge is 2.15. The van der Waals surface area contributed by atoms with E-state index in [4.69, 9.17) is 26.7 Å². The summed E-state index contributed by atoms with van der Waals surface area (Å²) < 4.78 is 10.8. The predicted octanol–water partition coefficient (Wildman–Crippen LogP) is -0.609. The van der Waals surface area contributed by atoms with Crippen LogP contribution in [0.1, 0.15) is 25.7 Å². The molecule has 18 heavy (non-hydrogen) atoms. The molecule has 0 bridgehead atoms. The van der Waals surface area contributed by atoms with E-state index in [0.29, 0.717) is 39.5 Å². The van der Waals surface area contributed by atoms with Gasteiger partial charge in [-0.25, -0.2) is 0 Å². The first kappa shape index (κ1) is 17.8. The molecule has 0 fully saturated rings. The van der Waals surface area contributed by atoms with Gasteiger partial charge in [-0.3, -0.25) is 0 Å². The zero-order valence-corrected chi connectivity index (χ0v) is 11.2. The van der Waals surface area contributed by atoms with E-state index < -0.39 is 6.23 Å². The summed E-state index contributed by atoms with van der Waals surface area (Å²) in [6.07, 6.45) is 2.38. The maximum atomic E-state index is 9.44. The third-order valence-electron chi connectivity index (χ3n) is 2.73. The van der Waals surface area contributed by atoms with Crippen molar-refractivity contribution in [3.63, 3.8) is 0 Å². The number of rotatable bonds is 13. The van der Waals surface area contributed by atoms with Crippen molar-refractivity contribution >= 4 is 0 Å². The minimum Gasteiger partial charge on any atom is -0.381 e. The highest BCUT2D eigenvalue weighted by Crippen LogP contribution is 2.11. The van der Waals surface area contributed by atoms with Gasteiger partial charge in [0.1, 0.15) is 6.23 Å². The van der Waals surface area contributed by atoms with E-state index in [1.54, 1.807) is 0 Å². The fourth-order valence-corrected chi connectivity index (χ4v) is 1.53. The number of hydrogen-bond donors (Lipinski definition) is 4. The van der Waals surface area contributed by atoms with E-state index in [1.165, 1.54) is 0 Å². The minimum absolute atomic E-state index is 0.0146. The summed E-state index contributed by atoms with van der Waals surface area (Å²) in [6, 6.07) is 0. The van der Waals surface area contributed by atoms with Crippen LogP contribution in [0.4, 0.5) is 0 Å². The van der Waals surface area contributed by atoms with Gasteiger partial charge in [0.05, 0.1) is 0 Å². The Bertz CT molecular complexity index is 157. The van der Waals surface area contributed by atoms with E-state index in [0.717, 1.165) is 25.7 Å². The maximum Gasteiger partial charge on any atom is 0.105 e. The monoisotopic (exact) mass is 263 g/mol. The lowest BCUT2D eigenvalue weighted by molar-refractivity contribution is 0.0426. The first-order valence-corrected chi connectivity index (χ1v) is 6.71. The summed E-state index contributed by atoms with van der Waals surface area (Å²) in [5, 5.41) is 9.44. The average molecular weight is 263 g/mol. The van der Waals surface area contributed by atoms with Crippen LogP contribution in [0.2, 0.25) is 0 Å². The molecule has 110 valence electrons. The van der Waals surface area contributed by atoms with Crippen LogP contribution >= 0.6 is 0 Å². The summed E-state index contributed by atoms with van der Waals surface area (Å²) in [5.74, 6) is 0.0146. The Kier molecular flexibility index (Phi) is 13.0. The maximum absolute atomic E-state index is 9.44. The van der Waals surface area contributed by atoms with E-state index in [2.05, 4.69) is 0 Å². The molecular formula is C12H29N3O3. The second-order valence-corrected chi connectivity index (χ2v) is 4.34. The predicted molar refractivity (Wildman–Crippen MR) is 71.9 cm³/mol. The molecule has 7 N–H and O–H groups in total. The fourth-order valence-electron chi connectivity index (χ4n) is 1.53. The number of aliphatic hydroxyl groups excluding tert-OH is 1. The molecule has 0 heterocycles. The lowest BCUT2D eigenvalue weighted by atomic mass is 10.0. The van der Waals surface area contributed by atoms with Gasteiger partial charge >= 0.3 is 0 Å². The van der Waals surface area contributed by atoms with Gasteiger partial charge in [-0.1, -0.05) is 0 Å². The highest BCUT2D eigenvalue weighted by atomic mass is 16.5. The number of nitrogens with two attached hydrogens (primary N) is 3. The first-order chi connectivity index (χ1) is 8.72. The largest absolute Gasteiger partial charge is 0.381 e. The van der Waals surface area contributed by atoms with Gasteiger partial charge in [-0.2, -0.15) is 0 Å². The summed E-state index contributed by atoms with van der Waals surface area (Å²) in [4.78, 5) is 0. The van der Waals surface area contributed by atoms with Gasteiger partial charge < -0.3 is 31.8 Å². The molecule has 0 aliphatic heterocycles. The summed E-state index contributed by atoms with van der Waals surface area (Å²) in [6.45, 7) is 3.80. The summed E-state index contributed by atoms with van der Waals surface area (Å²) >= 11 is 0. The van der Waals surface area contributed by atoms with Crippen molar-refractivity contribution in [2.24, 2.45) is 23.1 Å². The van der Waals surface area contributed by atoms with Crippen molar-refractivity contribution in [1.82, 2.24) is 0 Å². The van der Waals surface area contributed by atoms with Crippen molar-refractivity contribution in [3.05, 3.63) is 0 Å². The van der Waals surface area contributed by atoms with Crippen LogP contribution in [0, 0.1) is 5.92 Å².